The molecule has 6 unspecified atom stereocenters. The van der Waals surface area contributed by atoms with Crippen LogP contribution >= 0.6 is 0 Å². The van der Waals surface area contributed by atoms with Crippen LogP contribution in [0.25, 0.3) is 0 Å². The molecule has 9 heterocycles. The van der Waals surface area contributed by atoms with Crippen molar-refractivity contribution in [2.45, 2.75) is 56.3 Å². The van der Waals surface area contributed by atoms with E-state index < -0.39 is 72.1 Å². The first-order valence-electron chi connectivity index (χ1n) is 15.5. The van der Waals surface area contributed by atoms with Crippen LogP contribution in [0.15, 0.2) is 54.7 Å². The number of likely N-dealkylation sites (tertiary alicyclic amines) is 3. The summed E-state index contributed by atoms with van der Waals surface area (Å²) in [6.45, 7) is -0.0564. The zero-order chi connectivity index (χ0) is 30.5. The van der Waals surface area contributed by atoms with Crippen LogP contribution in [0.1, 0.15) is 16.7 Å². The van der Waals surface area contributed by atoms with E-state index in [4.69, 9.17) is 14.2 Å². The third-order valence-corrected chi connectivity index (χ3v) is 11.1. The molecule has 0 aromatic heterocycles. The van der Waals surface area contributed by atoms with Crippen LogP contribution in [0, 0.1) is 35.5 Å². The maximum atomic E-state index is 13.4. The smallest absolute Gasteiger partial charge is 0.236 e. The summed E-state index contributed by atoms with van der Waals surface area (Å²) in [6, 6.07) is 5.33. The lowest BCUT2D eigenvalue weighted by Gasteiger charge is -2.22. The van der Waals surface area contributed by atoms with Gasteiger partial charge in [-0.1, -0.05) is 54.7 Å². The van der Waals surface area contributed by atoms with Gasteiger partial charge in [-0.25, -0.2) is 0 Å². The molecular formula is C33H27N3O9. The Morgan fingerprint density at radius 1 is 0.378 bits per heavy atom. The Bertz CT molecular complexity index is 1460. The molecule has 10 rings (SSSR count). The molecule has 0 N–H and O–H groups in total. The molecule has 12 nitrogen and oxygen atoms in total. The van der Waals surface area contributed by atoms with E-state index in [1.54, 1.807) is 18.2 Å². The lowest BCUT2D eigenvalue weighted by molar-refractivity contribution is -0.144. The predicted octanol–water partition coefficient (Wildman–Crippen LogP) is 0.00180. The average Bonchev–Trinajstić information content (AvgIpc) is 3.89. The monoisotopic (exact) mass is 609 g/mol. The molecule has 1 aromatic carbocycles. The predicted molar refractivity (Wildman–Crippen MR) is 147 cm³/mol. The number of hydrogen-bond acceptors (Lipinski definition) is 9. The number of fused-ring (bicyclic) bond motifs is 15. The van der Waals surface area contributed by atoms with E-state index in [2.05, 4.69) is 0 Å². The van der Waals surface area contributed by atoms with Gasteiger partial charge in [0, 0.05) is 0 Å². The topological polar surface area (TPSA) is 140 Å². The van der Waals surface area contributed by atoms with Gasteiger partial charge in [0.05, 0.1) is 91.8 Å². The molecule has 6 amide bonds. The first-order chi connectivity index (χ1) is 21.8. The molecule has 9 aliphatic rings. The number of nitrogens with zero attached hydrogens (tertiary/aromatic N) is 3. The van der Waals surface area contributed by atoms with Gasteiger partial charge in [-0.05, 0) is 16.7 Å². The van der Waals surface area contributed by atoms with Gasteiger partial charge >= 0.3 is 0 Å². The van der Waals surface area contributed by atoms with Crippen LogP contribution in [0.2, 0.25) is 0 Å². The second-order valence-electron chi connectivity index (χ2n) is 13.5. The number of amides is 6. The van der Waals surface area contributed by atoms with Gasteiger partial charge in [0.2, 0.25) is 35.4 Å². The minimum atomic E-state index is -0.550. The average molecular weight is 610 g/mol. The van der Waals surface area contributed by atoms with Crippen molar-refractivity contribution in [1.29, 1.82) is 0 Å². The van der Waals surface area contributed by atoms with Crippen LogP contribution in [0.5, 0.6) is 0 Å². The molecule has 12 heteroatoms. The van der Waals surface area contributed by atoms with Gasteiger partial charge < -0.3 is 14.2 Å². The summed E-state index contributed by atoms with van der Waals surface area (Å²) in [4.78, 5) is 84.2. The fourth-order valence-corrected chi connectivity index (χ4v) is 9.22. The Balaban J connectivity index is 0.965. The van der Waals surface area contributed by atoms with Crippen molar-refractivity contribution < 1.29 is 43.0 Å². The van der Waals surface area contributed by atoms with Crippen molar-refractivity contribution in [3.05, 3.63) is 71.3 Å². The van der Waals surface area contributed by atoms with Gasteiger partial charge in [-0.15, -0.1) is 0 Å². The highest BCUT2D eigenvalue weighted by Gasteiger charge is 2.63. The Morgan fingerprint density at radius 3 is 0.778 bits per heavy atom. The van der Waals surface area contributed by atoms with E-state index in [0.29, 0.717) is 16.7 Å². The Morgan fingerprint density at radius 2 is 0.578 bits per heavy atom. The Labute approximate surface area is 256 Å². The van der Waals surface area contributed by atoms with Crippen LogP contribution < -0.4 is 0 Å². The van der Waals surface area contributed by atoms with Crippen molar-refractivity contribution in [1.82, 2.24) is 14.7 Å². The minimum Gasteiger partial charge on any atom is -0.365 e. The summed E-state index contributed by atoms with van der Waals surface area (Å²) in [7, 11) is 0. The summed E-state index contributed by atoms with van der Waals surface area (Å²) >= 11 is 0. The van der Waals surface area contributed by atoms with Crippen LogP contribution in [0.3, 0.4) is 0 Å². The maximum Gasteiger partial charge on any atom is 0.236 e. The maximum absolute atomic E-state index is 13.4. The summed E-state index contributed by atoms with van der Waals surface area (Å²) in [5, 5.41) is 0. The molecule has 0 saturated carbocycles. The zero-order valence-corrected chi connectivity index (χ0v) is 23.8. The number of imide groups is 3. The minimum absolute atomic E-state index is 0.0188. The second kappa shape index (κ2) is 8.71. The second-order valence-corrected chi connectivity index (χ2v) is 13.5. The summed E-state index contributed by atoms with van der Waals surface area (Å²) in [5.74, 6) is -5.08. The molecule has 228 valence electrons. The van der Waals surface area contributed by atoms with E-state index in [1.807, 2.05) is 36.5 Å². The van der Waals surface area contributed by atoms with Crippen molar-refractivity contribution in [3.8, 4) is 0 Å². The molecule has 0 aliphatic carbocycles. The van der Waals surface area contributed by atoms with E-state index in [0.717, 1.165) is 0 Å². The van der Waals surface area contributed by atoms with Crippen LogP contribution in [0.4, 0.5) is 0 Å². The molecule has 0 radical (unpaired) electrons. The highest BCUT2D eigenvalue weighted by Crippen LogP contribution is 2.48. The first kappa shape index (κ1) is 26.0. The normalized spacial score (nSPS) is 42.5. The summed E-state index contributed by atoms with van der Waals surface area (Å²) < 4.78 is 17.3. The van der Waals surface area contributed by atoms with Gasteiger partial charge in [-0.3, -0.25) is 43.5 Å². The third-order valence-electron chi connectivity index (χ3n) is 11.1. The van der Waals surface area contributed by atoms with E-state index in [-0.39, 0.29) is 55.1 Å². The molecule has 6 bridgehead atoms. The highest BCUT2D eigenvalue weighted by atomic mass is 16.5. The van der Waals surface area contributed by atoms with Crippen LogP contribution in [-0.2, 0) is 62.6 Å². The molecule has 45 heavy (non-hydrogen) atoms. The van der Waals surface area contributed by atoms with E-state index >= 15 is 0 Å². The van der Waals surface area contributed by atoms with Gasteiger partial charge in [0.1, 0.15) is 0 Å². The number of ether oxygens (including phenoxy) is 3. The molecule has 9 aliphatic heterocycles. The molecule has 0 spiro atoms. The lowest BCUT2D eigenvalue weighted by Crippen LogP contribution is -2.35. The highest BCUT2D eigenvalue weighted by molar-refractivity contribution is 6.08. The SMILES string of the molecule is O=C1C2C(C(=O)N1Cc1cc(CN3C(=O)C4C(C3=O)[C@H]3C=C[C@@H]4O3)cc(CN3C(=O)C4C(C3=O)[C@H]3C=C[C@@H]4O3)c1)[C@H]1C=C[C@@H]2O1. The number of carbonyl (C=O) groups is 6. The number of hydrogen-bond donors (Lipinski definition) is 0. The Kier molecular flexibility index (Phi) is 5.03. The van der Waals surface area contributed by atoms with Crippen molar-refractivity contribution >= 4 is 35.4 Å². The fraction of sp³-hybridized carbons (Fsp3) is 0.455. The lowest BCUT2D eigenvalue weighted by atomic mass is 9.85. The van der Waals surface area contributed by atoms with E-state index in [1.165, 1.54) is 14.7 Å². The fourth-order valence-electron chi connectivity index (χ4n) is 9.22. The third kappa shape index (κ3) is 3.31. The van der Waals surface area contributed by atoms with Crippen molar-refractivity contribution in [2.24, 2.45) is 35.5 Å². The number of carbonyl (C=O) groups excluding carboxylic acids is 6. The van der Waals surface area contributed by atoms with Gasteiger partial charge in [0.25, 0.3) is 0 Å². The van der Waals surface area contributed by atoms with E-state index in [9.17, 15) is 28.8 Å². The van der Waals surface area contributed by atoms with Gasteiger partial charge in [0.15, 0.2) is 0 Å². The first-order valence-corrected chi connectivity index (χ1v) is 15.5. The largest absolute Gasteiger partial charge is 0.365 e. The standard InChI is InChI=1S/C33H27N3O9/c37-28-22-16-1-2-17(43-16)23(22)29(38)34(28)10-13-7-14(11-35-30(39)24-18-3-4-19(44-18)25(24)31(35)40)9-15(8-13)12-36-32(41)26-20-5-6-21(45-20)27(26)33(36)42/h1-9,16-27H,10-12H2/t16-,17+,18-,19+,20-,21+,22?,23?,24?,25?,26?,27?. The molecular weight excluding hydrogens is 582 g/mol. The van der Waals surface area contributed by atoms with Crippen LogP contribution in [-0.4, -0.2) is 86.8 Å². The summed E-state index contributed by atoms with van der Waals surface area (Å²) in [5.41, 5.74) is 1.79. The molecule has 6 fully saturated rings. The molecule has 6 saturated heterocycles. The van der Waals surface area contributed by atoms with Crippen molar-refractivity contribution in [3.63, 3.8) is 0 Å². The number of benzene rings is 1. The zero-order valence-electron chi connectivity index (χ0n) is 23.8. The van der Waals surface area contributed by atoms with Crippen molar-refractivity contribution in [2.75, 3.05) is 0 Å². The quantitative estimate of drug-likeness (QED) is 0.322. The molecule has 1 aromatic rings. The molecule has 12 atom stereocenters. The summed E-state index contributed by atoms with van der Waals surface area (Å²) in [6.07, 6.45) is 8.51. The number of rotatable bonds is 6. The van der Waals surface area contributed by atoms with Gasteiger partial charge in [-0.2, -0.15) is 0 Å². The Hall–Kier alpha value is -4.26.